The van der Waals surface area contributed by atoms with Crippen molar-refractivity contribution < 1.29 is 5.11 Å². The van der Waals surface area contributed by atoms with Crippen LogP contribution in [0.15, 0.2) is 24.3 Å². The van der Waals surface area contributed by atoms with Crippen LogP contribution in [-0.2, 0) is 0 Å². The van der Waals surface area contributed by atoms with Crippen molar-refractivity contribution in [1.29, 1.82) is 0 Å². The molecule has 78 valence electrons. The minimum Gasteiger partial charge on any atom is -0.389 e. The number of aromatic nitrogens is 1. The molecule has 0 amide bonds. The van der Waals surface area contributed by atoms with Gasteiger partial charge in [-0.2, -0.15) is 0 Å². The number of hydrogen-bond acceptors (Lipinski definition) is 2. The van der Waals surface area contributed by atoms with Crippen LogP contribution in [0.1, 0.15) is 18.6 Å². The molecule has 0 saturated heterocycles. The van der Waals surface area contributed by atoms with Crippen LogP contribution in [0.2, 0.25) is 10.2 Å². The minimum atomic E-state index is -0.620. The SMILES string of the molecule is CC(O)c1cc2ccc(Cl)cc2nc1Cl. The Morgan fingerprint density at radius 2 is 2.00 bits per heavy atom. The molecule has 0 aliphatic carbocycles. The Labute approximate surface area is 97.5 Å². The lowest BCUT2D eigenvalue weighted by Crippen LogP contribution is -1.95. The Balaban J connectivity index is 2.71. The number of fused-ring (bicyclic) bond motifs is 1. The maximum absolute atomic E-state index is 9.47. The molecular weight excluding hydrogens is 233 g/mol. The molecule has 0 aliphatic rings. The van der Waals surface area contributed by atoms with E-state index in [1.165, 1.54) is 0 Å². The van der Waals surface area contributed by atoms with Crippen LogP contribution in [0.25, 0.3) is 10.9 Å². The number of halogens is 2. The molecule has 1 atom stereocenters. The van der Waals surface area contributed by atoms with Gasteiger partial charge in [0.15, 0.2) is 0 Å². The Morgan fingerprint density at radius 1 is 1.27 bits per heavy atom. The molecule has 0 radical (unpaired) electrons. The van der Waals surface area contributed by atoms with E-state index in [1.54, 1.807) is 19.1 Å². The molecule has 1 aromatic heterocycles. The summed E-state index contributed by atoms with van der Waals surface area (Å²) in [5.41, 5.74) is 1.36. The molecule has 0 bridgehead atoms. The second kappa shape index (κ2) is 3.97. The van der Waals surface area contributed by atoms with Crippen LogP contribution in [0.5, 0.6) is 0 Å². The van der Waals surface area contributed by atoms with Gasteiger partial charge in [0, 0.05) is 16.0 Å². The van der Waals surface area contributed by atoms with Gasteiger partial charge in [0.1, 0.15) is 5.15 Å². The fourth-order valence-corrected chi connectivity index (χ4v) is 1.90. The van der Waals surface area contributed by atoms with Crippen LogP contribution in [-0.4, -0.2) is 10.1 Å². The summed E-state index contributed by atoms with van der Waals surface area (Å²) in [5.74, 6) is 0. The quantitative estimate of drug-likeness (QED) is 0.775. The average Bonchev–Trinajstić information content (AvgIpc) is 2.15. The van der Waals surface area contributed by atoms with Gasteiger partial charge in [-0.25, -0.2) is 4.98 Å². The van der Waals surface area contributed by atoms with Crippen molar-refractivity contribution in [2.24, 2.45) is 0 Å². The monoisotopic (exact) mass is 241 g/mol. The number of aliphatic hydroxyl groups is 1. The molecule has 15 heavy (non-hydrogen) atoms. The highest BCUT2D eigenvalue weighted by Crippen LogP contribution is 2.26. The van der Waals surface area contributed by atoms with E-state index in [2.05, 4.69) is 4.98 Å². The van der Waals surface area contributed by atoms with E-state index in [-0.39, 0.29) is 0 Å². The predicted octanol–water partition coefficient (Wildman–Crippen LogP) is 3.59. The fourth-order valence-electron chi connectivity index (χ4n) is 1.43. The maximum atomic E-state index is 9.47. The highest BCUT2D eigenvalue weighted by atomic mass is 35.5. The van der Waals surface area contributed by atoms with Crippen molar-refractivity contribution in [1.82, 2.24) is 4.98 Å². The Hall–Kier alpha value is -0.830. The molecule has 0 aliphatic heterocycles. The second-order valence-electron chi connectivity index (χ2n) is 3.38. The van der Waals surface area contributed by atoms with Crippen molar-refractivity contribution in [3.8, 4) is 0 Å². The highest BCUT2D eigenvalue weighted by molar-refractivity contribution is 6.32. The van der Waals surface area contributed by atoms with Gasteiger partial charge in [-0.3, -0.25) is 0 Å². The summed E-state index contributed by atoms with van der Waals surface area (Å²) >= 11 is 11.8. The van der Waals surface area contributed by atoms with Crippen LogP contribution in [0.3, 0.4) is 0 Å². The Morgan fingerprint density at radius 3 is 2.67 bits per heavy atom. The lowest BCUT2D eigenvalue weighted by Gasteiger charge is -2.08. The number of hydrogen-bond donors (Lipinski definition) is 1. The maximum Gasteiger partial charge on any atom is 0.135 e. The van der Waals surface area contributed by atoms with Crippen LogP contribution in [0.4, 0.5) is 0 Å². The average molecular weight is 242 g/mol. The lowest BCUT2D eigenvalue weighted by atomic mass is 10.1. The van der Waals surface area contributed by atoms with Crippen LogP contribution in [0, 0.1) is 0 Å². The van der Waals surface area contributed by atoms with Gasteiger partial charge in [-0.15, -0.1) is 0 Å². The smallest absolute Gasteiger partial charge is 0.135 e. The van der Waals surface area contributed by atoms with Gasteiger partial charge < -0.3 is 5.11 Å². The molecule has 1 N–H and O–H groups in total. The molecular formula is C11H9Cl2NO. The molecule has 1 aromatic carbocycles. The third-order valence-electron chi connectivity index (χ3n) is 2.21. The zero-order valence-electron chi connectivity index (χ0n) is 8.04. The van der Waals surface area contributed by atoms with E-state index in [0.717, 1.165) is 10.9 Å². The first-order valence-electron chi connectivity index (χ1n) is 4.51. The molecule has 0 saturated carbocycles. The summed E-state index contributed by atoms with van der Waals surface area (Å²) in [6.45, 7) is 1.66. The highest BCUT2D eigenvalue weighted by Gasteiger charge is 2.09. The molecule has 0 spiro atoms. The molecule has 4 heteroatoms. The summed E-state index contributed by atoms with van der Waals surface area (Å²) in [4.78, 5) is 4.18. The van der Waals surface area contributed by atoms with Gasteiger partial charge in [0.05, 0.1) is 11.6 Å². The fraction of sp³-hybridized carbons (Fsp3) is 0.182. The zero-order valence-corrected chi connectivity index (χ0v) is 9.55. The molecule has 2 rings (SSSR count). The third-order valence-corrected chi connectivity index (χ3v) is 2.75. The minimum absolute atomic E-state index is 0.319. The molecule has 1 heterocycles. The molecule has 0 fully saturated rings. The standard InChI is InChI=1S/C11H9Cl2NO/c1-6(15)9-4-7-2-3-8(12)5-10(7)14-11(9)13/h2-6,15H,1H3. The summed E-state index contributed by atoms with van der Waals surface area (Å²) in [7, 11) is 0. The Kier molecular flexibility index (Phi) is 2.83. The van der Waals surface area contributed by atoms with Gasteiger partial charge in [0.25, 0.3) is 0 Å². The van der Waals surface area contributed by atoms with Crippen LogP contribution >= 0.6 is 23.2 Å². The van der Waals surface area contributed by atoms with Gasteiger partial charge in [-0.1, -0.05) is 29.3 Å². The topological polar surface area (TPSA) is 33.1 Å². The lowest BCUT2D eigenvalue weighted by molar-refractivity contribution is 0.199. The van der Waals surface area contributed by atoms with E-state index in [1.807, 2.05) is 12.1 Å². The summed E-state index contributed by atoms with van der Waals surface area (Å²) < 4.78 is 0. The van der Waals surface area contributed by atoms with E-state index < -0.39 is 6.10 Å². The first kappa shape index (κ1) is 10.7. The van der Waals surface area contributed by atoms with Crippen molar-refractivity contribution in [3.63, 3.8) is 0 Å². The van der Waals surface area contributed by atoms with Gasteiger partial charge in [0.2, 0.25) is 0 Å². The van der Waals surface area contributed by atoms with Gasteiger partial charge in [-0.05, 0) is 25.1 Å². The summed E-state index contributed by atoms with van der Waals surface area (Å²) in [5, 5.41) is 11.3. The Bertz CT molecular complexity index is 511. The first-order chi connectivity index (χ1) is 7.08. The van der Waals surface area contributed by atoms with E-state index >= 15 is 0 Å². The zero-order chi connectivity index (χ0) is 11.0. The third kappa shape index (κ3) is 2.07. The van der Waals surface area contributed by atoms with Crippen molar-refractivity contribution in [2.75, 3.05) is 0 Å². The second-order valence-corrected chi connectivity index (χ2v) is 4.18. The molecule has 1 unspecified atom stereocenters. The van der Waals surface area contributed by atoms with Crippen molar-refractivity contribution in [3.05, 3.63) is 40.0 Å². The predicted molar refractivity (Wildman–Crippen MR) is 62.4 cm³/mol. The van der Waals surface area contributed by atoms with Crippen molar-refractivity contribution >= 4 is 34.1 Å². The number of rotatable bonds is 1. The molecule has 2 nitrogen and oxygen atoms in total. The van der Waals surface area contributed by atoms with Crippen LogP contribution < -0.4 is 0 Å². The van der Waals surface area contributed by atoms with Crippen molar-refractivity contribution in [2.45, 2.75) is 13.0 Å². The summed E-state index contributed by atoms with van der Waals surface area (Å²) in [6.07, 6.45) is -0.620. The number of nitrogens with zero attached hydrogens (tertiary/aromatic N) is 1. The van der Waals surface area contributed by atoms with Gasteiger partial charge >= 0.3 is 0 Å². The number of benzene rings is 1. The first-order valence-corrected chi connectivity index (χ1v) is 5.27. The largest absolute Gasteiger partial charge is 0.389 e. The number of aliphatic hydroxyl groups excluding tert-OH is 1. The van der Waals surface area contributed by atoms with E-state index in [4.69, 9.17) is 23.2 Å². The summed E-state index contributed by atoms with van der Waals surface area (Å²) in [6, 6.07) is 7.21. The molecule has 2 aromatic rings. The normalized spacial score (nSPS) is 13.1. The van der Waals surface area contributed by atoms with E-state index in [9.17, 15) is 5.11 Å². The number of pyridine rings is 1. The van der Waals surface area contributed by atoms with E-state index in [0.29, 0.717) is 15.7 Å².